The van der Waals surface area contributed by atoms with Crippen LogP contribution in [0.3, 0.4) is 0 Å². The molecule has 30 heavy (non-hydrogen) atoms. The van der Waals surface area contributed by atoms with Crippen molar-refractivity contribution in [3.05, 3.63) is 54.1 Å². The van der Waals surface area contributed by atoms with Gasteiger partial charge in [0.25, 0.3) is 5.91 Å². The third-order valence-electron chi connectivity index (χ3n) is 4.05. The maximum Gasteiger partial charge on any atom is 0.338 e. The number of benzene rings is 2. The summed E-state index contributed by atoms with van der Waals surface area (Å²) in [6, 6.07) is 10.8. The Morgan fingerprint density at radius 2 is 1.57 bits per heavy atom. The van der Waals surface area contributed by atoms with Crippen molar-refractivity contribution in [2.24, 2.45) is 0 Å². The minimum Gasteiger partial charge on any atom is -0.449 e. The fourth-order valence-electron chi connectivity index (χ4n) is 2.31. The molecule has 0 unspecified atom stereocenters. The fourth-order valence-corrected chi connectivity index (χ4v) is 3.89. The van der Waals surface area contributed by atoms with Gasteiger partial charge in [-0.05, 0) is 49.4 Å². The van der Waals surface area contributed by atoms with Crippen molar-refractivity contribution in [2.75, 3.05) is 25.7 Å². The van der Waals surface area contributed by atoms with E-state index in [1.165, 1.54) is 69.6 Å². The first kappa shape index (κ1) is 23.5. The first-order chi connectivity index (χ1) is 13.8. The summed E-state index contributed by atoms with van der Waals surface area (Å²) in [5.74, 6) is -1.46. The van der Waals surface area contributed by atoms with Crippen LogP contribution in [-0.2, 0) is 29.4 Å². The van der Waals surface area contributed by atoms with Gasteiger partial charge in [-0.3, -0.25) is 4.79 Å². The van der Waals surface area contributed by atoms with Crippen molar-refractivity contribution in [1.29, 1.82) is 0 Å². The first-order valence-corrected chi connectivity index (χ1v) is 12.0. The van der Waals surface area contributed by atoms with Crippen LogP contribution in [0.4, 0.5) is 5.69 Å². The molecule has 11 heteroatoms. The maximum absolute atomic E-state index is 12.3. The highest BCUT2D eigenvalue weighted by atomic mass is 32.2. The standard InChI is InChI=1S/C19H22N2O7S2/c1-13(28-19(23)14-8-10-16(11-9-14)29(4,24)25)18(22)20-15-6-5-7-17(12-15)30(26,27)21(2)3/h5-13H,1-4H3,(H,20,22)/t13-/m0/s1. The molecule has 0 heterocycles. The number of carbonyl (C=O) groups excluding carboxylic acids is 2. The largest absolute Gasteiger partial charge is 0.449 e. The van der Waals surface area contributed by atoms with E-state index in [9.17, 15) is 26.4 Å². The molecule has 0 spiro atoms. The number of nitrogens with zero attached hydrogens (tertiary/aromatic N) is 1. The van der Waals surface area contributed by atoms with Gasteiger partial charge in [-0.15, -0.1) is 0 Å². The molecule has 2 rings (SSSR count). The highest BCUT2D eigenvalue weighted by molar-refractivity contribution is 7.90. The predicted octanol–water partition coefficient (Wildman–Crippen LogP) is 1.52. The molecule has 0 bridgehead atoms. The fraction of sp³-hybridized carbons (Fsp3) is 0.263. The summed E-state index contributed by atoms with van der Waals surface area (Å²) in [6.07, 6.45) is -0.132. The van der Waals surface area contributed by atoms with Gasteiger partial charge < -0.3 is 10.1 Å². The third kappa shape index (κ3) is 5.65. The zero-order chi connectivity index (χ0) is 22.7. The van der Waals surface area contributed by atoms with Crippen LogP contribution in [0.1, 0.15) is 17.3 Å². The van der Waals surface area contributed by atoms with E-state index in [1.807, 2.05) is 0 Å². The van der Waals surface area contributed by atoms with Crippen molar-refractivity contribution in [3.8, 4) is 0 Å². The van der Waals surface area contributed by atoms with E-state index in [-0.39, 0.29) is 21.0 Å². The number of carbonyl (C=O) groups is 2. The topological polar surface area (TPSA) is 127 Å². The number of amides is 1. The van der Waals surface area contributed by atoms with Crippen molar-refractivity contribution in [3.63, 3.8) is 0 Å². The van der Waals surface area contributed by atoms with E-state index in [0.717, 1.165) is 10.6 Å². The summed E-state index contributed by atoms with van der Waals surface area (Å²) in [6.45, 7) is 1.36. The van der Waals surface area contributed by atoms with Crippen LogP contribution in [0.5, 0.6) is 0 Å². The van der Waals surface area contributed by atoms with E-state index in [2.05, 4.69) is 5.32 Å². The van der Waals surface area contributed by atoms with Crippen molar-refractivity contribution in [2.45, 2.75) is 22.8 Å². The summed E-state index contributed by atoms with van der Waals surface area (Å²) < 4.78 is 53.5. The molecule has 2 aromatic rings. The highest BCUT2D eigenvalue weighted by Crippen LogP contribution is 2.18. The minimum absolute atomic E-state index is 0.000846. The third-order valence-corrected chi connectivity index (χ3v) is 6.99. The van der Waals surface area contributed by atoms with Crippen LogP contribution < -0.4 is 5.32 Å². The molecule has 1 amide bonds. The summed E-state index contributed by atoms with van der Waals surface area (Å²) in [5, 5.41) is 2.50. The van der Waals surface area contributed by atoms with Crippen LogP contribution >= 0.6 is 0 Å². The van der Waals surface area contributed by atoms with Gasteiger partial charge in [0.15, 0.2) is 15.9 Å². The summed E-state index contributed by atoms with van der Waals surface area (Å²) in [4.78, 5) is 24.6. The number of esters is 1. The van der Waals surface area contributed by atoms with E-state index in [1.54, 1.807) is 0 Å². The molecule has 1 atom stereocenters. The zero-order valence-electron chi connectivity index (χ0n) is 16.8. The Kier molecular flexibility index (Phi) is 7.01. The summed E-state index contributed by atoms with van der Waals surface area (Å²) in [5.41, 5.74) is 0.310. The number of nitrogens with one attached hydrogen (secondary N) is 1. The van der Waals surface area contributed by atoms with Crippen LogP contribution in [-0.4, -0.2) is 59.5 Å². The van der Waals surface area contributed by atoms with E-state index >= 15 is 0 Å². The van der Waals surface area contributed by atoms with Gasteiger partial charge in [0.2, 0.25) is 10.0 Å². The van der Waals surface area contributed by atoms with Gasteiger partial charge >= 0.3 is 5.97 Å². The molecular formula is C19H22N2O7S2. The first-order valence-electron chi connectivity index (χ1n) is 8.67. The Hall–Kier alpha value is -2.76. The normalized spacial score (nSPS) is 13.0. The van der Waals surface area contributed by atoms with Crippen molar-refractivity contribution < 1.29 is 31.2 Å². The molecule has 9 nitrogen and oxygen atoms in total. The summed E-state index contributed by atoms with van der Waals surface area (Å²) >= 11 is 0. The summed E-state index contributed by atoms with van der Waals surface area (Å²) in [7, 11) is -4.28. The molecule has 0 fully saturated rings. The monoisotopic (exact) mass is 454 g/mol. The lowest BCUT2D eigenvalue weighted by molar-refractivity contribution is -0.123. The van der Waals surface area contributed by atoms with Gasteiger partial charge in [0.05, 0.1) is 15.4 Å². The maximum atomic E-state index is 12.3. The molecule has 1 N–H and O–H groups in total. The molecule has 0 radical (unpaired) electrons. The number of anilines is 1. The Morgan fingerprint density at radius 1 is 0.967 bits per heavy atom. The SMILES string of the molecule is C[C@H](OC(=O)c1ccc(S(C)(=O)=O)cc1)C(=O)Nc1cccc(S(=O)(=O)N(C)C)c1. The lowest BCUT2D eigenvalue weighted by Crippen LogP contribution is -2.30. The minimum atomic E-state index is -3.67. The van der Waals surface area contributed by atoms with Gasteiger partial charge in [-0.25, -0.2) is 25.9 Å². The Balaban J connectivity index is 2.07. The van der Waals surface area contributed by atoms with Gasteiger partial charge in [-0.2, -0.15) is 0 Å². The number of rotatable bonds is 7. The van der Waals surface area contributed by atoms with Crippen molar-refractivity contribution >= 4 is 37.4 Å². The van der Waals surface area contributed by atoms with Crippen LogP contribution in [0, 0.1) is 0 Å². The second kappa shape index (κ2) is 8.94. The van der Waals surface area contributed by atoms with Gasteiger partial charge in [0, 0.05) is 26.0 Å². The van der Waals surface area contributed by atoms with E-state index in [4.69, 9.17) is 4.74 Å². The molecule has 0 aliphatic carbocycles. The molecule has 0 saturated heterocycles. The molecule has 2 aromatic carbocycles. The van der Waals surface area contributed by atoms with Crippen molar-refractivity contribution in [1.82, 2.24) is 4.31 Å². The molecule has 0 saturated carbocycles. The smallest absolute Gasteiger partial charge is 0.338 e. The van der Waals surface area contributed by atoms with Gasteiger partial charge in [0.1, 0.15) is 0 Å². The Labute approximate surface area is 175 Å². The average Bonchev–Trinajstić information content (AvgIpc) is 2.67. The number of sulfone groups is 1. The number of hydrogen-bond donors (Lipinski definition) is 1. The average molecular weight is 455 g/mol. The van der Waals surface area contributed by atoms with Crippen LogP contribution in [0.15, 0.2) is 58.3 Å². The second-order valence-electron chi connectivity index (χ2n) is 6.65. The molecule has 162 valence electrons. The zero-order valence-corrected chi connectivity index (χ0v) is 18.5. The van der Waals surface area contributed by atoms with E-state index < -0.39 is 37.8 Å². The van der Waals surface area contributed by atoms with E-state index in [0.29, 0.717) is 0 Å². The molecule has 0 aromatic heterocycles. The Bertz CT molecular complexity index is 1160. The Morgan fingerprint density at radius 3 is 2.10 bits per heavy atom. The number of sulfonamides is 1. The molecular weight excluding hydrogens is 432 g/mol. The lowest BCUT2D eigenvalue weighted by Gasteiger charge is -2.15. The number of hydrogen-bond acceptors (Lipinski definition) is 7. The quantitative estimate of drug-likeness (QED) is 0.629. The second-order valence-corrected chi connectivity index (χ2v) is 10.8. The van der Waals surface area contributed by atoms with Crippen LogP contribution in [0.25, 0.3) is 0 Å². The number of ether oxygens (including phenoxy) is 1. The molecule has 0 aliphatic rings. The highest BCUT2D eigenvalue weighted by Gasteiger charge is 2.21. The lowest BCUT2D eigenvalue weighted by atomic mass is 10.2. The molecule has 0 aliphatic heterocycles. The van der Waals surface area contributed by atoms with Crippen LogP contribution in [0.2, 0.25) is 0 Å². The predicted molar refractivity (Wildman–Crippen MR) is 110 cm³/mol. The van der Waals surface area contributed by atoms with Gasteiger partial charge in [-0.1, -0.05) is 6.07 Å².